The average Bonchev–Trinajstić information content (AvgIpc) is 2.01. The molecule has 0 aromatic rings. The normalized spacial score (nSPS) is 16.4. The second kappa shape index (κ2) is 5.16. The van der Waals surface area contributed by atoms with Gasteiger partial charge in [-0.15, -0.1) is 0 Å². The van der Waals surface area contributed by atoms with Gasteiger partial charge in [-0.1, -0.05) is 0 Å². The van der Waals surface area contributed by atoms with Gasteiger partial charge in [0.25, 0.3) is 0 Å². The molecular weight excluding hydrogens is 213 g/mol. The van der Waals surface area contributed by atoms with E-state index in [0.29, 0.717) is 6.08 Å². The first-order valence-corrected chi connectivity index (χ1v) is 4.31. The number of carbonyl (C=O) groups is 1. The number of Topliss-reactive ketones (excluding diaryl/α,β-unsaturated/α-hetero) is 1. The molecule has 0 saturated carbocycles. The van der Waals surface area contributed by atoms with Crippen LogP contribution in [-0.4, -0.2) is 29.3 Å². The van der Waals surface area contributed by atoms with Crippen molar-refractivity contribution in [3.8, 4) is 0 Å². The number of hydrogen-bond donors (Lipinski definition) is 1. The van der Waals surface area contributed by atoms with E-state index in [1.165, 1.54) is 0 Å². The Bertz CT molecular complexity index is 247. The summed E-state index contributed by atoms with van der Waals surface area (Å²) >= 11 is 0. The summed E-state index contributed by atoms with van der Waals surface area (Å²) in [5, 5.41) is 9.23. The molecule has 0 aromatic heterocycles. The zero-order valence-electron chi connectivity index (χ0n) is 8.47. The van der Waals surface area contributed by atoms with Crippen LogP contribution in [0.25, 0.3) is 0 Å². The predicted octanol–water partition coefficient (Wildman–Crippen LogP) is 1.81. The van der Waals surface area contributed by atoms with E-state index in [9.17, 15) is 23.1 Å². The van der Waals surface area contributed by atoms with Crippen LogP contribution < -0.4 is 0 Å². The van der Waals surface area contributed by atoms with Crippen LogP contribution in [0.3, 0.4) is 0 Å². The van der Waals surface area contributed by atoms with Crippen molar-refractivity contribution < 1.29 is 27.8 Å². The first-order chi connectivity index (χ1) is 6.73. The van der Waals surface area contributed by atoms with E-state index in [2.05, 4.69) is 4.74 Å². The van der Waals surface area contributed by atoms with Gasteiger partial charge in [0.1, 0.15) is 5.78 Å². The maximum atomic E-state index is 12.4. The molecule has 0 spiro atoms. The van der Waals surface area contributed by atoms with Crippen molar-refractivity contribution in [1.82, 2.24) is 0 Å². The SMILES string of the molecule is CCO/C=C/C(O)(CC(C)=O)C(F)(F)F. The van der Waals surface area contributed by atoms with Gasteiger partial charge in [-0.25, -0.2) is 0 Å². The van der Waals surface area contributed by atoms with Gasteiger partial charge in [0.05, 0.1) is 12.9 Å². The van der Waals surface area contributed by atoms with Crippen LogP contribution in [0.2, 0.25) is 0 Å². The molecule has 0 aliphatic rings. The minimum absolute atomic E-state index is 0.185. The molecule has 88 valence electrons. The van der Waals surface area contributed by atoms with E-state index in [-0.39, 0.29) is 6.61 Å². The molecule has 0 aromatic carbocycles. The van der Waals surface area contributed by atoms with Gasteiger partial charge >= 0.3 is 6.18 Å². The molecule has 1 N–H and O–H groups in total. The molecule has 0 amide bonds. The van der Waals surface area contributed by atoms with Gasteiger partial charge in [0, 0.05) is 6.42 Å². The number of hydrogen-bond acceptors (Lipinski definition) is 3. The highest BCUT2D eigenvalue weighted by molar-refractivity contribution is 5.77. The fourth-order valence-corrected chi connectivity index (χ4v) is 0.890. The Morgan fingerprint density at radius 3 is 2.33 bits per heavy atom. The van der Waals surface area contributed by atoms with Gasteiger partial charge < -0.3 is 9.84 Å². The molecule has 0 aliphatic heterocycles. The molecule has 15 heavy (non-hydrogen) atoms. The van der Waals surface area contributed by atoms with Crippen molar-refractivity contribution in [1.29, 1.82) is 0 Å². The topological polar surface area (TPSA) is 46.5 Å². The summed E-state index contributed by atoms with van der Waals surface area (Å²) in [6.45, 7) is 2.75. The van der Waals surface area contributed by atoms with E-state index < -0.39 is 24.0 Å². The number of aliphatic hydroxyl groups is 1. The second-order valence-corrected chi connectivity index (χ2v) is 3.06. The van der Waals surface area contributed by atoms with E-state index in [4.69, 9.17) is 0 Å². The fraction of sp³-hybridized carbons (Fsp3) is 0.667. The fourth-order valence-electron chi connectivity index (χ4n) is 0.890. The highest BCUT2D eigenvalue weighted by Gasteiger charge is 2.52. The highest BCUT2D eigenvalue weighted by atomic mass is 19.4. The average molecular weight is 226 g/mol. The van der Waals surface area contributed by atoms with Gasteiger partial charge in [-0.2, -0.15) is 13.2 Å². The summed E-state index contributed by atoms with van der Waals surface area (Å²) in [5.41, 5.74) is -3.14. The van der Waals surface area contributed by atoms with Crippen molar-refractivity contribution in [3.63, 3.8) is 0 Å². The number of alkyl halides is 3. The number of ether oxygens (including phenoxy) is 1. The largest absolute Gasteiger partial charge is 0.502 e. The lowest BCUT2D eigenvalue weighted by molar-refractivity contribution is -0.240. The monoisotopic (exact) mass is 226 g/mol. The molecule has 0 saturated heterocycles. The summed E-state index contributed by atoms with van der Waals surface area (Å²) in [6, 6.07) is 0. The molecule has 0 aliphatic carbocycles. The van der Waals surface area contributed by atoms with E-state index in [0.717, 1.165) is 13.2 Å². The van der Waals surface area contributed by atoms with Crippen LogP contribution >= 0.6 is 0 Å². The summed E-state index contributed by atoms with van der Waals surface area (Å²) in [6.07, 6.45) is -4.72. The first kappa shape index (κ1) is 14.0. The summed E-state index contributed by atoms with van der Waals surface area (Å²) in [7, 11) is 0. The Hall–Kier alpha value is -1.04. The van der Waals surface area contributed by atoms with E-state index in [1.807, 2.05) is 0 Å². The molecule has 0 fully saturated rings. The van der Waals surface area contributed by atoms with Gasteiger partial charge in [0.2, 0.25) is 0 Å². The van der Waals surface area contributed by atoms with Crippen LogP contribution in [0.5, 0.6) is 0 Å². The summed E-state index contributed by atoms with van der Waals surface area (Å²) < 4.78 is 41.7. The Morgan fingerprint density at radius 1 is 1.47 bits per heavy atom. The molecule has 1 atom stereocenters. The predicted molar refractivity (Wildman–Crippen MR) is 47.1 cm³/mol. The smallest absolute Gasteiger partial charge is 0.421 e. The number of rotatable bonds is 5. The number of carbonyl (C=O) groups excluding carboxylic acids is 1. The van der Waals surface area contributed by atoms with Crippen molar-refractivity contribution in [2.24, 2.45) is 0 Å². The Labute approximate surface area is 85.5 Å². The van der Waals surface area contributed by atoms with Crippen LogP contribution in [0, 0.1) is 0 Å². The standard InChI is InChI=1S/C9H13F3O3/c1-3-15-5-4-8(14,6-7(2)13)9(10,11)12/h4-5,14H,3,6H2,1-2H3/b5-4+. The van der Waals surface area contributed by atoms with Crippen LogP contribution in [0.4, 0.5) is 13.2 Å². The van der Waals surface area contributed by atoms with Crippen LogP contribution in [-0.2, 0) is 9.53 Å². The molecule has 3 nitrogen and oxygen atoms in total. The molecule has 6 heteroatoms. The highest BCUT2D eigenvalue weighted by Crippen LogP contribution is 2.34. The Balaban J connectivity index is 4.78. The summed E-state index contributed by atoms with van der Waals surface area (Å²) in [5.74, 6) is -0.754. The maximum Gasteiger partial charge on any atom is 0.421 e. The van der Waals surface area contributed by atoms with Gasteiger partial charge in [0.15, 0.2) is 5.60 Å². The van der Waals surface area contributed by atoms with Gasteiger partial charge in [-0.05, 0) is 19.9 Å². The lowest BCUT2D eigenvalue weighted by Crippen LogP contribution is -2.44. The van der Waals surface area contributed by atoms with E-state index in [1.54, 1.807) is 6.92 Å². The molecule has 1 unspecified atom stereocenters. The third-order valence-electron chi connectivity index (χ3n) is 1.62. The second-order valence-electron chi connectivity index (χ2n) is 3.06. The number of halogens is 3. The third-order valence-corrected chi connectivity index (χ3v) is 1.62. The zero-order valence-corrected chi connectivity index (χ0v) is 8.47. The zero-order chi connectivity index (χ0) is 12.1. The minimum Gasteiger partial charge on any atom is -0.502 e. The van der Waals surface area contributed by atoms with Crippen molar-refractivity contribution in [2.45, 2.75) is 32.0 Å². The minimum atomic E-state index is -4.90. The summed E-state index contributed by atoms with van der Waals surface area (Å²) in [4.78, 5) is 10.6. The molecule has 0 rings (SSSR count). The van der Waals surface area contributed by atoms with Crippen LogP contribution in [0.15, 0.2) is 12.3 Å². The Morgan fingerprint density at radius 2 is 2.00 bits per heavy atom. The first-order valence-electron chi connectivity index (χ1n) is 4.31. The van der Waals surface area contributed by atoms with Gasteiger partial charge in [-0.3, -0.25) is 4.79 Å². The quantitative estimate of drug-likeness (QED) is 0.727. The van der Waals surface area contributed by atoms with E-state index >= 15 is 0 Å². The molecule has 0 heterocycles. The molecule has 0 radical (unpaired) electrons. The van der Waals surface area contributed by atoms with Crippen LogP contribution in [0.1, 0.15) is 20.3 Å². The van der Waals surface area contributed by atoms with Crippen molar-refractivity contribution in [3.05, 3.63) is 12.3 Å². The number of ketones is 1. The molecule has 0 bridgehead atoms. The molecular formula is C9H13F3O3. The maximum absolute atomic E-state index is 12.4. The third kappa shape index (κ3) is 4.33. The lowest BCUT2D eigenvalue weighted by Gasteiger charge is -2.25. The Kier molecular flexibility index (Phi) is 4.80. The van der Waals surface area contributed by atoms with Crippen molar-refractivity contribution >= 4 is 5.78 Å². The lowest BCUT2D eigenvalue weighted by atomic mass is 9.97. The van der Waals surface area contributed by atoms with Crippen molar-refractivity contribution in [2.75, 3.05) is 6.61 Å².